The molecular weight excluding hydrogens is 374 g/mol. The van der Waals surface area contributed by atoms with E-state index in [-0.39, 0.29) is 4.90 Å². The van der Waals surface area contributed by atoms with Crippen LogP contribution >= 0.6 is 11.6 Å². The first-order valence-corrected chi connectivity index (χ1v) is 10.1. The van der Waals surface area contributed by atoms with E-state index in [9.17, 15) is 8.42 Å². The molecule has 0 unspecified atom stereocenters. The highest BCUT2D eigenvalue weighted by Crippen LogP contribution is 2.32. The van der Waals surface area contributed by atoms with E-state index < -0.39 is 10.0 Å². The summed E-state index contributed by atoms with van der Waals surface area (Å²) in [5.41, 5.74) is 1.38. The van der Waals surface area contributed by atoms with Gasteiger partial charge in [0.2, 0.25) is 0 Å². The third-order valence-electron chi connectivity index (χ3n) is 4.40. The molecule has 0 bridgehead atoms. The van der Waals surface area contributed by atoms with Crippen LogP contribution in [0.25, 0.3) is 0 Å². The van der Waals surface area contributed by atoms with Gasteiger partial charge in [0, 0.05) is 31.2 Å². The van der Waals surface area contributed by atoms with Crippen molar-refractivity contribution in [2.45, 2.75) is 4.90 Å². The van der Waals surface area contributed by atoms with Crippen LogP contribution < -0.4 is 14.4 Å². The first-order valence-electron chi connectivity index (χ1n) is 8.29. The molecule has 1 aliphatic heterocycles. The number of anilines is 2. The number of piperazine rings is 1. The number of halogens is 1. The van der Waals surface area contributed by atoms with Crippen molar-refractivity contribution in [1.29, 1.82) is 0 Å². The molecular formula is C18H22ClN3O3S. The van der Waals surface area contributed by atoms with Crippen molar-refractivity contribution in [2.24, 2.45) is 0 Å². The van der Waals surface area contributed by atoms with E-state index in [1.54, 1.807) is 31.4 Å². The Morgan fingerprint density at radius 1 is 1.04 bits per heavy atom. The number of likely N-dealkylation sites (N-methyl/N-ethyl adjacent to an activating group) is 1. The number of benzene rings is 2. The number of nitrogens with zero attached hydrogens (tertiary/aromatic N) is 2. The smallest absolute Gasteiger partial charge is 0.261 e. The van der Waals surface area contributed by atoms with Gasteiger partial charge in [0.15, 0.2) is 0 Å². The molecule has 8 heteroatoms. The Morgan fingerprint density at radius 2 is 1.69 bits per heavy atom. The number of methoxy groups -OCH3 is 1. The lowest BCUT2D eigenvalue weighted by molar-refractivity contribution is 0.311. The lowest BCUT2D eigenvalue weighted by Gasteiger charge is -2.35. The molecule has 0 saturated carbocycles. The molecule has 0 amide bonds. The van der Waals surface area contributed by atoms with Gasteiger partial charge >= 0.3 is 0 Å². The Kier molecular flexibility index (Phi) is 5.60. The van der Waals surface area contributed by atoms with Crippen molar-refractivity contribution >= 4 is 33.0 Å². The van der Waals surface area contributed by atoms with Crippen molar-refractivity contribution in [2.75, 3.05) is 50.0 Å². The van der Waals surface area contributed by atoms with Crippen LogP contribution in [0.15, 0.2) is 47.4 Å². The summed E-state index contributed by atoms with van der Waals surface area (Å²) in [6, 6.07) is 11.4. The molecule has 1 aliphatic rings. The van der Waals surface area contributed by atoms with E-state index in [0.717, 1.165) is 37.6 Å². The Hall–Kier alpha value is -1.96. The van der Waals surface area contributed by atoms with Crippen molar-refractivity contribution in [3.8, 4) is 5.75 Å². The van der Waals surface area contributed by atoms with Gasteiger partial charge in [0.25, 0.3) is 10.0 Å². The molecule has 0 aromatic heterocycles. The van der Waals surface area contributed by atoms with E-state index in [1.807, 2.05) is 6.07 Å². The van der Waals surface area contributed by atoms with Crippen LogP contribution in [0.5, 0.6) is 5.75 Å². The number of hydrogen-bond donors (Lipinski definition) is 1. The van der Waals surface area contributed by atoms with Crippen LogP contribution in [-0.4, -0.2) is 53.7 Å². The molecule has 3 rings (SSSR count). The van der Waals surface area contributed by atoms with Gasteiger partial charge in [0.1, 0.15) is 5.75 Å². The van der Waals surface area contributed by atoms with E-state index in [0.29, 0.717) is 10.7 Å². The minimum Gasteiger partial charge on any atom is -0.495 e. The molecule has 1 fully saturated rings. The zero-order valence-electron chi connectivity index (χ0n) is 14.8. The molecule has 1 N–H and O–H groups in total. The number of nitrogens with one attached hydrogen (secondary N) is 1. The molecule has 0 radical (unpaired) electrons. The van der Waals surface area contributed by atoms with Gasteiger partial charge < -0.3 is 14.5 Å². The van der Waals surface area contributed by atoms with Gasteiger partial charge in [-0.1, -0.05) is 11.6 Å². The minimum absolute atomic E-state index is 0.166. The second-order valence-corrected chi connectivity index (χ2v) is 8.36. The molecule has 2 aromatic rings. The van der Waals surface area contributed by atoms with Crippen LogP contribution in [0.3, 0.4) is 0 Å². The van der Waals surface area contributed by atoms with Crippen LogP contribution in [-0.2, 0) is 10.0 Å². The third kappa shape index (κ3) is 4.23. The summed E-state index contributed by atoms with van der Waals surface area (Å²) in [6.45, 7) is 3.62. The van der Waals surface area contributed by atoms with Crippen molar-refractivity contribution in [1.82, 2.24) is 4.90 Å². The fourth-order valence-electron chi connectivity index (χ4n) is 2.88. The first kappa shape index (κ1) is 18.8. The minimum atomic E-state index is -3.68. The van der Waals surface area contributed by atoms with Gasteiger partial charge in [-0.05, 0) is 49.5 Å². The largest absolute Gasteiger partial charge is 0.495 e. The van der Waals surface area contributed by atoms with Gasteiger partial charge in [-0.15, -0.1) is 0 Å². The second-order valence-electron chi connectivity index (χ2n) is 6.24. The predicted octanol–water partition coefficient (Wildman–Crippen LogP) is 2.90. The lowest BCUT2D eigenvalue weighted by Crippen LogP contribution is -2.44. The van der Waals surface area contributed by atoms with E-state index >= 15 is 0 Å². The summed E-state index contributed by atoms with van der Waals surface area (Å²) in [7, 11) is 0.0239. The summed E-state index contributed by atoms with van der Waals surface area (Å²) in [5, 5.41) is 0.491. The maximum atomic E-state index is 12.6. The Morgan fingerprint density at radius 3 is 2.31 bits per heavy atom. The van der Waals surface area contributed by atoms with Crippen LogP contribution in [0, 0.1) is 0 Å². The van der Waals surface area contributed by atoms with Crippen molar-refractivity contribution in [3.05, 3.63) is 47.5 Å². The normalized spacial score (nSPS) is 15.7. The summed E-state index contributed by atoms with van der Waals surface area (Å²) < 4.78 is 33.3. The number of ether oxygens (including phenoxy) is 1. The number of rotatable bonds is 5. The summed E-state index contributed by atoms with van der Waals surface area (Å²) >= 11 is 5.83. The van der Waals surface area contributed by atoms with Crippen molar-refractivity contribution in [3.63, 3.8) is 0 Å². The van der Waals surface area contributed by atoms with Crippen LogP contribution in [0.1, 0.15) is 0 Å². The highest BCUT2D eigenvalue weighted by molar-refractivity contribution is 7.92. The quantitative estimate of drug-likeness (QED) is 0.843. The molecule has 1 heterocycles. The summed E-state index contributed by atoms with van der Waals surface area (Å²) in [5.74, 6) is 0.726. The van der Waals surface area contributed by atoms with Gasteiger partial charge in [-0.2, -0.15) is 0 Å². The average molecular weight is 396 g/mol. The first-order chi connectivity index (χ1) is 12.4. The topological polar surface area (TPSA) is 61.9 Å². The number of sulfonamides is 1. The Balaban J connectivity index is 1.86. The van der Waals surface area contributed by atoms with Gasteiger partial charge in [-0.3, -0.25) is 4.72 Å². The molecule has 2 aromatic carbocycles. The average Bonchev–Trinajstić information content (AvgIpc) is 2.62. The molecule has 0 spiro atoms. The third-order valence-corrected chi connectivity index (χ3v) is 6.05. The molecule has 0 atom stereocenters. The molecule has 0 aliphatic carbocycles. The lowest BCUT2D eigenvalue weighted by atomic mass is 10.2. The Bertz CT molecular complexity index is 864. The fourth-order valence-corrected chi connectivity index (χ4v) is 4.05. The predicted molar refractivity (Wildman–Crippen MR) is 105 cm³/mol. The molecule has 140 valence electrons. The maximum absolute atomic E-state index is 12.6. The standard InChI is InChI=1S/C18H22ClN3O3S/c1-21-9-11-22(12-10-21)17-13-15(5-8-18(17)25-2)20-26(23,24)16-6-3-14(19)4-7-16/h3-8,13,20H,9-12H2,1-2H3. The zero-order chi connectivity index (χ0) is 18.7. The zero-order valence-corrected chi connectivity index (χ0v) is 16.3. The monoisotopic (exact) mass is 395 g/mol. The Labute approximate surface area is 159 Å². The SMILES string of the molecule is COc1ccc(NS(=O)(=O)c2ccc(Cl)cc2)cc1N1CCN(C)CC1. The van der Waals surface area contributed by atoms with Crippen molar-refractivity contribution < 1.29 is 13.2 Å². The van der Waals surface area contributed by atoms with E-state index in [1.165, 1.54) is 12.1 Å². The van der Waals surface area contributed by atoms with Gasteiger partial charge in [0.05, 0.1) is 23.4 Å². The fraction of sp³-hybridized carbons (Fsp3) is 0.333. The maximum Gasteiger partial charge on any atom is 0.261 e. The number of hydrogen-bond acceptors (Lipinski definition) is 5. The molecule has 26 heavy (non-hydrogen) atoms. The van der Waals surface area contributed by atoms with Gasteiger partial charge in [-0.25, -0.2) is 8.42 Å². The van der Waals surface area contributed by atoms with Crippen LogP contribution in [0.2, 0.25) is 5.02 Å². The molecule has 6 nitrogen and oxygen atoms in total. The summed E-state index contributed by atoms with van der Waals surface area (Å²) in [6.07, 6.45) is 0. The van der Waals surface area contributed by atoms with E-state index in [2.05, 4.69) is 21.6 Å². The second kappa shape index (κ2) is 7.73. The highest BCUT2D eigenvalue weighted by Gasteiger charge is 2.20. The molecule has 1 saturated heterocycles. The summed E-state index contributed by atoms with van der Waals surface area (Å²) in [4.78, 5) is 4.63. The van der Waals surface area contributed by atoms with E-state index in [4.69, 9.17) is 16.3 Å². The highest BCUT2D eigenvalue weighted by atomic mass is 35.5. The van der Waals surface area contributed by atoms with Crippen LogP contribution in [0.4, 0.5) is 11.4 Å².